The number of furan rings is 1. The molecule has 0 aliphatic heterocycles. The highest BCUT2D eigenvalue weighted by atomic mass is 16.3. The van der Waals surface area contributed by atoms with Crippen LogP contribution in [-0.2, 0) is 10.8 Å². The maximum absolute atomic E-state index is 6.72. The normalized spacial score (nSPS) is 14.6. The number of hydrogen-bond donors (Lipinski definition) is 0. The molecule has 0 amide bonds. The molecule has 1 aromatic heterocycles. The number of benzene rings is 8. The number of para-hydroxylation sites is 1. The van der Waals surface area contributed by atoms with E-state index in [0.717, 1.165) is 39.0 Å². The van der Waals surface area contributed by atoms with Crippen molar-refractivity contribution in [3.8, 4) is 22.3 Å². The lowest BCUT2D eigenvalue weighted by atomic mass is 9.82. The van der Waals surface area contributed by atoms with Crippen molar-refractivity contribution >= 4 is 66.6 Å². The molecule has 1 heterocycles. The van der Waals surface area contributed by atoms with E-state index in [1.54, 1.807) is 0 Å². The zero-order valence-corrected chi connectivity index (χ0v) is 31.9. The van der Waals surface area contributed by atoms with Gasteiger partial charge in [-0.2, -0.15) is 0 Å². The molecule has 0 radical (unpaired) electrons. The average Bonchev–Trinajstić information content (AvgIpc) is 3.78. The average molecular weight is 708 g/mol. The van der Waals surface area contributed by atoms with Gasteiger partial charge in [0.05, 0.1) is 0 Å². The van der Waals surface area contributed by atoms with Crippen LogP contribution in [0.3, 0.4) is 0 Å². The van der Waals surface area contributed by atoms with Gasteiger partial charge in [-0.15, -0.1) is 0 Å². The number of anilines is 3. The van der Waals surface area contributed by atoms with Crippen LogP contribution in [0.15, 0.2) is 151 Å². The predicted molar refractivity (Wildman–Crippen MR) is 233 cm³/mol. The summed E-state index contributed by atoms with van der Waals surface area (Å²) < 4.78 is 6.72. The van der Waals surface area contributed by atoms with E-state index >= 15 is 0 Å². The quantitative estimate of drug-likeness (QED) is 0.169. The molecule has 0 fully saturated rings. The molecule has 0 unspecified atom stereocenters. The van der Waals surface area contributed by atoms with Gasteiger partial charge in [0.2, 0.25) is 0 Å². The largest absolute Gasteiger partial charge is 0.455 e. The number of fused-ring (bicyclic) bond motifs is 13. The van der Waals surface area contributed by atoms with E-state index in [1.807, 2.05) is 6.08 Å². The lowest BCUT2D eigenvalue weighted by Crippen LogP contribution is -2.17. The van der Waals surface area contributed by atoms with Crippen LogP contribution in [-0.4, -0.2) is 0 Å². The van der Waals surface area contributed by atoms with Crippen LogP contribution in [0.25, 0.3) is 71.8 Å². The van der Waals surface area contributed by atoms with E-state index in [2.05, 4.69) is 186 Å². The van der Waals surface area contributed by atoms with Gasteiger partial charge < -0.3 is 9.32 Å². The van der Waals surface area contributed by atoms with E-state index in [-0.39, 0.29) is 10.8 Å². The van der Waals surface area contributed by atoms with Gasteiger partial charge in [0.15, 0.2) is 0 Å². The third-order valence-electron chi connectivity index (χ3n) is 13.0. The summed E-state index contributed by atoms with van der Waals surface area (Å²) in [6.07, 6.45) is 2.01. The van der Waals surface area contributed by atoms with Gasteiger partial charge in [-0.05, 0) is 121 Å². The van der Waals surface area contributed by atoms with Gasteiger partial charge in [-0.1, -0.05) is 137 Å². The van der Waals surface area contributed by atoms with E-state index < -0.39 is 0 Å². The van der Waals surface area contributed by atoms with E-state index in [1.165, 1.54) is 77.2 Å². The summed E-state index contributed by atoms with van der Waals surface area (Å²) in [5.41, 5.74) is 17.9. The molecule has 0 bridgehead atoms. The summed E-state index contributed by atoms with van der Waals surface area (Å²) in [7, 11) is 0. The molecular weight excluding hydrogens is 667 g/mol. The number of rotatable bonds is 4. The molecule has 8 aromatic carbocycles. The molecule has 0 saturated heterocycles. The number of hydrogen-bond acceptors (Lipinski definition) is 2. The predicted octanol–water partition coefficient (Wildman–Crippen LogP) is 14.9. The summed E-state index contributed by atoms with van der Waals surface area (Å²) >= 11 is 0. The second-order valence-electron chi connectivity index (χ2n) is 16.6. The van der Waals surface area contributed by atoms with Gasteiger partial charge in [-0.25, -0.2) is 0 Å². The first kappa shape index (κ1) is 32.1. The van der Waals surface area contributed by atoms with Crippen LogP contribution in [0.5, 0.6) is 0 Å². The third-order valence-corrected chi connectivity index (χ3v) is 13.0. The fourth-order valence-corrected chi connectivity index (χ4v) is 10.2. The highest BCUT2D eigenvalue weighted by Gasteiger charge is 2.39. The molecule has 55 heavy (non-hydrogen) atoms. The van der Waals surface area contributed by atoms with Crippen LogP contribution in [0.4, 0.5) is 17.1 Å². The third kappa shape index (κ3) is 4.25. The Morgan fingerprint density at radius 3 is 1.93 bits per heavy atom. The second kappa shape index (κ2) is 11.1. The van der Waals surface area contributed by atoms with Gasteiger partial charge in [-0.3, -0.25) is 0 Å². The molecule has 2 heteroatoms. The molecule has 0 atom stereocenters. The van der Waals surface area contributed by atoms with E-state index in [0.29, 0.717) is 0 Å². The standard InChI is InChI=1S/C53H41NO/c1-7-35-31(2)36-14-8-9-15-37(36)43-28-32(20-23-38(35)43)54(34-21-24-40-39-16-10-12-18-45(39)53(5,6)48(40)30-34)33-22-26-46-44(29-33)50-47(52(46,3)4)27-25-42-41-17-11-13-19-49(41)55-51(42)50/h7-30H,1H2,2-6H3. The molecule has 2 aliphatic carbocycles. The molecule has 9 aromatic rings. The lowest BCUT2D eigenvalue weighted by molar-refractivity contribution is 0.653. The number of nitrogens with zero attached hydrogens (tertiary/aromatic N) is 1. The molecule has 0 saturated carbocycles. The van der Waals surface area contributed by atoms with Crippen LogP contribution in [0, 0.1) is 6.92 Å². The highest BCUT2D eigenvalue weighted by Crippen LogP contribution is 2.55. The van der Waals surface area contributed by atoms with Crippen molar-refractivity contribution in [2.24, 2.45) is 0 Å². The van der Waals surface area contributed by atoms with Crippen molar-refractivity contribution in [2.75, 3.05) is 4.90 Å². The summed E-state index contributed by atoms with van der Waals surface area (Å²) in [6.45, 7) is 15.9. The summed E-state index contributed by atoms with van der Waals surface area (Å²) in [5, 5.41) is 7.28. The van der Waals surface area contributed by atoms with Crippen molar-refractivity contribution in [3.05, 3.63) is 179 Å². The van der Waals surface area contributed by atoms with Gasteiger partial charge in [0, 0.05) is 44.2 Å². The Morgan fingerprint density at radius 2 is 1.09 bits per heavy atom. The minimum Gasteiger partial charge on any atom is -0.455 e. The van der Waals surface area contributed by atoms with Gasteiger partial charge in [0.1, 0.15) is 11.2 Å². The summed E-state index contributed by atoms with van der Waals surface area (Å²) in [4.78, 5) is 2.46. The van der Waals surface area contributed by atoms with E-state index in [4.69, 9.17) is 4.42 Å². The Morgan fingerprint density at radius 1 is 0.491 bits per heavy atom. The first-order chi connectivity index (χ1) is 26.7. The Hall–Kier alpha value is -6.38. The van der Waals surface area contributed by atoms with Crippen LogP contribution >= 0.6 is 0 Å². The minimum atomic E-state index is -0.175. The van der Waals surface area contributed by atoms with Crippen molar-refractivity contribution in [1.29, 1.82) is 0 Å². The zero-order valence-electron chi connectivity index (χ0n) is 31.9. The zero-order chi connectivity index (χ0) is 37.4. The van der Waals surface area contributed by atoms with Gasteiger partial charge in [0.25, 0.3) is 0 Å². The topological polar surface area (TPSA) is 16.4 Å². The Bertz CT molecular complexity index is 3140. The highest BCUT2D eigenvalue weighted by molar-refractivity contribution is 6.14. The molecule has 11 rings (SSSR count). The molecule has 264 valence electrons. The Balaban J connectivity index is 1.19. The van der Waals surface area contributed by atoms with Crippen LogP contribution in [0.2, 0.25) is 0 Å². The first-order valence-corrected chi connectivity index (χ1v) is 19.4. The lowest BCUT2D eigenvalue weighted by Gasteiger charge is -2.29. The maximum Gasteiger partial charge on any atom is 0.143 e. The van der Waals surface area contributed by atoms with Crippen molar-refractivity contribution in [3.63, 3.8) is 0 Å². The molecule has 0 spiro atoms. The first-order valence-electron chi connectivity index (χ1n) is 19.4. The summed E-state index contributed by atoms with van der Waals surface area (Å²) in [5.74, 6) is 0. The fourth-order valence-electron chi connectivity index (χ4n) is 10.2. The molecule has 2 aliphatic rings. The fraction of sp³-hybridized carbons (Fsp3) is 0.132. The molecular formula is C53H41NO. The number of aryl methyl sites for hydroxylation is 1. The minimum absolute atomic E-state index is 0.128. The van der Waals surface area contributed by atoms with Crippen molar-refractivity contribution in [1.82, 2.24) is 0 Å². The second-order valence-corrected chi connectivity index (χ2v) is 16.6. The molecule has 0 N–H and O–H groups in total. The van der Waals surface area contributed by atoms with Crippen molar-refractivity contribution in [2.45, 2.75) is 45.4 Å². The molecule has 2 nitrogen and oxygen atoms in total. The van der Waals surface area contributed by atoms with Crippen LogP contribution < -0.4 is 4.90 Å². The van der Waals surface area contributed by atoms with E-state index in [9.17, 15) is 0 Å². The van der Waals surface area contributed by atoms with Crippen molar-refractivity contribution < 1.29 is 4.42 Å². The monoisotopic (exact) mass is 707 g/mol. The Kier molecular flexibility index (Phi) is 6.47. The maximum atomic E-state index is 6.72. The smallest absolute Gasteiger partial charge is 0.143 e. The van der Waals surface area contributed by atoms with Crippen LogP contribution in [0.1, 0.15) is 61.1 Å². The SMILES string of the molecule is C=Cc1c(C)c2ccccc2c2cc(N(c3ccc4c(c3)-c3c(ccc5c3oc3ccccc35)C4(C)C)c3ccc4c(c3)C(C)(C)c3ccccc3-4)ccc12. The Labute approximate surface area is 322 Å². The summed E-state index contributed by atoms with van der Waals surface area (Å²) in [6, 6.07) is 51.8. The van der Waals surface area contributed by atoms with Gasteiger partial charge >= 0.3 is 0 Å².